The van der Waals surface area contributed by atoms with Crippen LogP contribution < -0.4 is 10.2 Å². The number of amides is 2. The number of anilines is 1. The van der Waals surface area contributed by atoms with E-state index in [1.54, 1.807) is 9.80 Å². The lowest BCUT2D eigenvalue weighted by atomic mass is 10.1. The molecule has 0 bridgehead atoms. The third kappa shape index (κ3) is 4.76. The van der Waals surface area contributed by atoms with Crippen molar-refractivity contribution < 1.29 is 22.7 Å². The predicted octanol–water partition coefficient (Wildman–Crippen LogP) is 3.15. The quantitative estimate of drug-likeness (QED) is 0.837. The lowest BCUT2D eigenvalue weighted by molar-refractivity contribution is -0.137. The zero-order chi connectivity index (χ0) is 19.6. The third-order valence-electron chi connectivity index (χ3n) is 4.89. The van der Waals surface area contributed by atoms with E-state index in [2.05, 4.69) is 10.3 Å². The number of ether oxygens (including phenoxy) is 1. The molecule has 2 amide bonds. The summed E-state index contributed by atoms with van der Waals surface area (Å²) in [6, 6.07) is 0.653. The molecule has 0 aromatic carbocycles. The van der Waals surface area contributed by atoms with E-state index in [1.807, 2.05) is 6.92 Å². The minimum Gasteiger partial charge on any atom is -0.376 e. The molecule has 27 heavy (non-hydrogen) atoms. The van der Waals surface area contributed by atoms with Gasteiger partial charge in [0.25, 0.3) is 0 Å². The molecule has 3 rings (SSSR count). The monoisotopic (exact) mass is 406 g/mol. The number of rotatable bonds is 3. The fraction of sp³-hybridized carbons (Fsp3) is 0.647. The second-order valence-corrected chi connectivity index (χ2v) is 7.20. The Balaban J connectivity index is 1.54. The van der Waals surface area contributed by atoms with Crippen molar-refractivity contribution in [2.75, 3.05) is 37.7 Å². The molecule has 10 heteroatoms. The van der Waals surface area contributed by atoms with E-state index in [0.29, 0.717) is 32.0 Å². The van der Waals surface area contributed by atoms with Gasteiger partial charge in [0, 0.05) is 39.0 Å². The number of carbonyl (C=O) groups is 1. The summed E-state index contributed by atoms with van der Waals surface area (Å²) in [5, 5.41) is 2.91. The first-order valence-corrected chi connectivity index (χ1v) is 9.28. The van der Waals surface area contributed by atoms with Crippen molar-refractivity contribution in [1.29, 1.82) is 0 Å². The van der Waals surface area contributed by atoms with Gasteiger partial charge in [-0.1, -0.05) is 11.6 Å². The Labute approximate surface area is 160 Å². The fourth-order valence-electron chi connectivity index (χ4n) is 3.32. The Morgan fingerprint density at radius 2 is 2.07 bits per heavy atom. The Hall–Kier alpha value is -1.74. The second-order valence-electron chi connectivity index (χ2n) is 6.79. The Morgan fingerprint density at radius 3 is 2.63 bits per heavy atom. The average molecular weight is 407 g/mol. The van der Waals surface area contributed by atoms with E-state index in [4.69, 9.17) is 16.3 Å². The predicted molar refractivity (Wildman–Crippen MR) is 95.0 cm³/mol. The van der Waals surface area contributed by atoms with E-state index >= 15 is 0 Å². The number of nitrogens with one attached hydrogen (secondary N) is 1. The zero-order valence-corrected chi connectivity index (χ0v) is 15.7. The molecule has 150 valence electrons. The van der Waals surface area contributed by atoms with Crippen molar-refractivity contribution in [2.45, 2.75) is 38.1 Å². The lowest BCUT2D eigenvalue weighted by Gasteiger charge is -2.36. The van der Waals surface area contributed by atoms with Gasteiger partial charge < -0.3 is 19.9 Å². The van der Waals surface area contributed by atoms with Crippen LogP contribution in [0.15, 0.2) is 12.3 Å². The van der Waals surface area contributed by atoms with E-state index in [0.717, 1.165) is 31.7 Å². The second kappa shape index (κ2) is 8.10. The van der Waals surface area contributed by atoms with Crippen LogP contribution in [0, 0.1) is 0 Å². The summed E-state index contributed by atoms with van der Waals surface area (Å²) in [5.41, 5.74) is -0.877. The Morgan fingerprint density at radius 1 is 1.37 bits per heavy atom. The maximum absolute atomic E-state index is 12.7. The number of piperazine rings is 1. The molecular formula is C17H22ClF3N4O2. The smallest absolute Gasteiger partial charge is 0.376 e. The lowest BCUT2D eigenvalue weighted by Crippen LogP contribution is -2.54. The van der Waals surface area contributed by atoms with Gasteiger partial charge in [0.1, 0.15) is 5.82 Å². The highest BCUT2D eigenvalue weighted by Crippen LogP contribution is 2.33. The van der Waals surface area contributed by atoms with Crippen LogP contribution in [0.2, 0.25) is 5.02 Å². The van der Waals surface area contributed by atoms with Gasteiger partial charge >= 0.3 is 12.2 Å². The first-order chi connectivity index (χ1) is 12.8. The molecule has 2 saturated heterocycles. The third-order valence-corrected chi connectivity index (χ3v) is 5.17. The Kier molecular flexibility index (Phi) is 6.00. The molecule has 2 aliphatic rings. The molecule has 0 spiro atoms. The highest BCUT2D eigenvalue weighted by atomic mass is 35.5. The maximum Gasteiger partial charge on any atom is 0.417 e. The summed E-state index contributed by atoms with van der Waals surface area (Å²) in [7, 11) is 0. The van der Waals surface area contributed by atoms with Gasteiger partial charge in [-0.05, 0) is 25.8 Å². The number of carbonyl (C=O) groups excluding carboxylic acids is 1. The van der Waals surface area contributed by atoms with E-state index in [1.165, 1.54) is 0 Å². The van der Waals surface area contributed by atoms with Crippen LogP contribution in [0.3, 0.4) is 0 Å². The van der Waals surface area contributed by atoms with Crippen molar-refractivity contribution in [1.82, 2.24) is 15.2 Å². The van der Waals surface area contributed by atoms with Crippen molar-refractivity contribution in [2.24, 2.45) is 0 Å². The molecule has 0 saturated carbocycles. The highest BCUT2D eigenvalue weighted by molar-refractivity contribution is 6.33. The SMILES string of the molecule is CC(NC(=O)N1CCN(c2ncc(C(F)(F)F)cc2Cl)CC1)C1CCCO1. The first-order valence-electron chi connectivity index (χ1n) is 8.90. The average Bonchev–Trinajstić information content (AvgIpc) is 3.16. The fourth-order valence-corrected chi connectivity index (χ4v) is 3.60. The molecule has 2 atom stereocenters. The van der Waals surface area contributed by atoms with Gasteiger partial charge in [-0.15, -0.1) is 0 Å². The molecule has 1 aromatic rings. The number of alkyl halides is 3. The molecule has 2 aliphatic heterocycles. The summed E-state index contributed by atoms with van der Waals surface area (Å²) in [6.45, 7) is 4.41. The number of hydrogen-bond donors (Lipinski definition) is 1. The molecule has 0 aliphatic carbocycles. The molecule has 1 N–H and O–H groups in total. The summed E-state index contributed by atoms with van der Waals surface area (Å²) >= 11 is 6.00. The molecule has 6 nitrogen and oxygen atoms in total. The van der Waals surface area contributed by atoms with Crippen LogP contribution in [0.4, 0.5) is 23.8 Å². The summed E-state index contributed by atoms with van der Waals surface area (Å²) in [5.74, 6) is 0.303. The van der Waals surface area contributed by atoms with Crippen LogP contribution in [-0.2, 0) is 10.9 Å². The standard InChI is InChI=1S/C17H22ClF3N4O2/c1-11(14-3-2-8-27-14)23-16(26)25-6-4-24(5-7-25)15-13(18)9-12(10-22-15)17(19,20)21/h9-11,14H,2-8H2,1H3,(H,23,26). The molecule has 0 radical (unpaired) electrons. The number of hydrogen-bond acceptors (Lipinski definition) is 4. The highest BCUT2D eigenvalue weighted by Gasteiger charge is 2.33. The topological polar surface area (TPSA) is 57.7 Å². The largest absolute Gasteiger partial charge is 0.417 e. The molecule has 2 unspecified atom stereocenters. The van der Waals surface area contributed by atoms with Crippen LogP contribution >= 0.6 is 11.6 Å². The summed E-state index contributed by atoms with van der Waals surface area (Å²) < 4.78 is 43.8. The van der Waals surface area contributed by atoms with Gasteiger partial charge in [-0.25, -0.2) is 9.78 Å². The van der Waals surface area contributed by atoms with Crippen LogP contribution in [-0.4, -0.2) is 60.8 Å². The van der Waals surface area contributed by atoms with Gasteiger partial charge in [0.15, 0.2) is 0 Å². The van der Waals surface area contributed by atoms with Gasteiger partial charge in [0.05, 0.1) is 22.7 Å². The van der Waals surface area contributed by atoms with Crippen molar-refractivity contribution in [3.63, 3.8) is 0 Å². The molecule has 3 heterocycles. The minimum atomic E-state index is -4.48. The van der Waals surface area contributed by atoms with Gasteiger partial charge in [0.2, 0.25) is 0 Å². The van der Waals surface area contributed by atoms with Crippen LogP contribution in [0.25, 0.3) is 0 Å². The zero-order valence-electron chi connectivity index (χ0n) is 14.9. The number of halogens is 4. The number of aromatic nitrogens is 1. The van der Waals surface area contributed by atoms with Crippen molar-refractivity contribution >= 4 is 23.4 Å². The van der Waals surface area contributed by atoms with E-state index in [-0.39, 0.29) is 23.2 Å². The number of nitrogens with zero attached hydrogens (tertiary/aromatic N) is 3. The number of urea groups is 1. The van der Waals surface area contributed by atoms with Gasteiger partial charge in [-0.2, -0.15) is 13.2 Å². The van der Waals surface area contributed by atoms with Crippen LogP contribution in [0.5, 0.6) is 0 Å². The minimum absolute atomic E-state index is 0.0465. The summed E-state index contributed by atoms with van der Waals surface area (Å²) in [4.78, 5) is 19.7. The van der Waals surface area contributed by atoms with Crippen LogP contribution in [0.1, 0.15) is 25.3 Å². The molecule has 1 aromatic heterocycles. The van der Waals surface area contributed by atoms with Crippen molar-refractivity contribution in [3.05, 3.63) is 22.8 Å². The normalized spacial score (nSPS) is 22.0. The van der Waals surface area contributed by atoms with Gasteiger partial charge in [-0.3, -0.25) is 0 Å². The van der Waals surface area contributed by atoms with Crippen molar-refractivity contribution in [3.8, 4) is 0 Å². The number of pyridine rings is 1. The molecular weight excluding hydrogens is 385 g/mol. The maximum atomic E-state index is 12.7. The van der Waals surface area contributed by atoms with E-state index < -0.39 is 11.7 Å². The Bertz CT molecular complexity index is 675. The molecule has 2 fully saturated rings. The first kappa shape index (κ1) is 20.0. The summed E-state index contributed by atoms with van der Waals surface area (Å²) in [6.07, 6.45) is -1.71. The van der Waals surface area contributed by atoms with E-state index in [9.17, 15) is 18.0 Å².